The Balaban J connectivity index is 1.75. The van der Waals surface area contributed by atoms with Crippen molar-refractivity contribution in [1.82, 2.24) is 14.5 Å². The first-order valence-corrected chi connectivity index (χ1v) is 9.94. The molecule has 1 aliphatic rings. The van der Waals surface area contributed by atoms with Crippen molar-refractivity contribution in [2.45, 2.75) is 38.6 Å². The number of ether oxygens (including phenoxy) is 2. The van der Waals surface area contributed by atoms with Gasteiger partial charge in [-0.05, 0) is 32.3 Å². The van der Waals surface area contributed by atoms with E-state index in [1.165, 1.54) is 11.3 Å². The maximum atomic E-state index is 13.1. The van der Waals surface area contributed by atoms with Gasteiger partial charge in [-0.3, -0.25) is 14.2 Å². The molecule has 3 aromatic rings. The lowest BCUT2D eigenvalue weighted by Gasteiger charge is -2.28. The number of fused-ring (bicyclic) bond motifs is 3. The minimum absolute atomic E-state index is 0.0439. The van der Waals surface area contributed by atoms with Crippen LogP contribution in [0, 0.1) is 5.92 Å². The second kappa shape index (κ2) is 7.26. The molecule has 0 radical (unpaired) electrons. The number of carbonyl (C=O) groups excluding carboxylic acids is 1. The molecule has 3 heterocycles. The first-order valence-electron chi connectivity index (χ1n) is 9.13. The molecule has 0 bridgehead atoms. The van der Waals surface area contributed by atoms with Gasteiger partial charge < -0.3 is 9.47 Å². The Morgan fingerprint density at radius 2 is 2.22 bits per heavy atom. The molecule has 0 spiro atoms. The number of hydrogen-bond acceptors (Lipinski definition) is 7. The quantitative estimate of drug-likeness (QED) is 0.639. The average molecular weight is 387 g/mol. The summed E-state index contributed by atoms with van der Waals surface area (Å²) in [5.41, 5.74) is 0.540. The highest BCUT2D eigenvalue weighted by molar-refractivity contribution is 7.25. The molecule has 7 nitrogen and oxygen atoms in total. The van der Waals surface area contributed by atoms with Crippen molar-refractivity contribution in [3.8, 4) is 5.75 Å². The van der Waals surface area contributed by atoms with E-state index < -0.39 is 0 Å². The normalized spacial score (nSPS) is 20.1. The molecule has 142 valence electrons. The lowest BCUT2D eigenvalue weighted by atomic mass is 9.85. The maximum absolute atomic E-state index is 13.1. The SMILES string of the molecule is CCOC(=O)C1CCCC(n2cnc3c(sc4nccc(OC)c43)c2=O)C1. The number of carbonyl (C=O) groups is 1. The third-order valence-electron chi connectivity index (χ3n) is 5.15. The van der Waals surface area contributed by atoms with Crippen LogP contribution < -0.4 is 10.3 Å². The molecule has 1 fully saturated rings. The third kappa shape index (κ3) is 3.07. The van der Waals surface area contributed by atoms with Crippen LogP contribution in [0.15, 0.2) is 23.4 Å². The Morgan fingerprint density at radius 1 is 1.37 bits per heavy atom. The smallest absolute Gasteiger partial charge is 0.308 e. The summed E-state index contributed by atoms with van der Waals surface area (Å²) in [6, 6.07) is 1.73. The first-order chi connectivity index (χ1) is 13.1. The highest BCUT2D eigenvalue weighted by Gasteiger charge is 2.30. The Labute approximate surface area is 159 Å². The second-order valence-electron chi connectivity index (χ2n) is 6.70. The zero-order valence-corrected chi connectivity index (χ0v) is 16.1. The molecule has 3 aromatic heterocycles. The molecule has 2 unspecified atom stereocenters. The van der Waals surface area contributed by atoms with Gasteiger partial charge in [0.05, 0.1) is 31.3 Å². The van der Waals surface area contributed by atoms with Gasteiger partial charge in [-0.15, -0.1) is 11.3 Å². The average Bonchev–Trinajstić information content (AvgIpc) is 3.08. The molecule has 0 N–H and O–H groups in total. The number of hydrogen-bond donors (Lipinski definition) is 0. The van der Waals surface area contributed by atoms with Gasteiger partial charge in [-0.2, -0.15) is 0 Å². The number of thiophene rings is 1. The van der Waals surface area contributed by atoms with E-state index >= 15 is 0 Å². The molecule has 1 aliphatic carbocycles. The Morgan fingerprint density at radius 3 is 3.00 bits per heavy atom. The molecule has 27 heavy (non-hydrogen) atoms. The van der Waals surface area contributed by atoms with Crippen LogP contribution in [0.1, 0.15) is 38.6 Å². The van der Waals surface area contributed by atoms with Crippen LogP contribution in [0.5, 0.6) is 5.75 Å². The van der Waals surface area contributed by atoms with E-state index in [1.807, 2.05) is 6.92 Å². The fourth-order valence-corrected chi connectivity index (χ4v) is 4.91. The van der Waals surface area contributed by atoms with E-state index in [1.54, 1.807) is 30.3 Å². The van der Waals surface area contributed by atoms with Gasteiger partial charge in [-0.25, -0.2) is 9.97 Å². The van der Waals surface area contributed by atoms with Crippen molar-refractivity contribution in [2.24, 2.45) is 5.92 Å². The molecule has 0 aromatic carbocycles. The van der Waals surface area contributed by atoms with Crippen molar-refractivity contribution in [3.05, 3.63) is 28.9 Å². The van der Waals surface area contributed by atoms with Gasteiger partial charge in [0.15, 0.2) is 0 Å². The van der Waals surface area contributed by atoms with Gasteiger partial charge in [-0.1, -0.05) is 6.42 Å². The minimum atomic E-state index is -0.167. The molecule has 2 atom stereocenters. The summed E-state index contributed by atoms with van der Waals surface area (Å²) >= 11 is 1.33. The number of methoxy groups -OCH3 is 1. The number of rotatable bonds is 4. The minimum Gasteiger partial charge on any atom is -0.496 e. The highest BCUT2D eigenvalue weighted by Crippen LogP contribution is 2.36. The van der Waals surface area contributed by atoms with Crippen molar-refractivity contribution in [2.75, 3.05) is 13.7 Å². The van der Waals surface area contributed by atoms with Crippen LogP contribution >= 0.6 is 11.3 Å². The van der Waals surface area contributed by atoms with Crippen LogP contribution in [0.4, 0.5) is 0 Å². The van der Waals surface area contributed by atoms with E-state index in [4.69, 9.17) is 9.47 Å². The topological polar surface area (TPSA) is 83.3 Å². The summed E-state index contributed by atoms with van der Waals surface area (Å²) in [7, 11) is 1.59. The standard InChI is InChI=1S/C19H21N3O4S/c1-3-26-19(24)11-5-4-6-12(9-11)22-10-21-15-14-13(25-2)7-8-20-17(14)27-16(15)18(22)23/h7-8,10-12H,3-6,9H2,1-2H3. The summed E-state index contributed by atoms with van der Waals surface area (Å²) in [6.45, 7) is 2.19. The van der Waals surface area contributed by atoms with Crippen molar-refractivity contribution in [3.63, 3.8) is 0 Å². The Hall–Kier alpha value is -2.48. The molecular weight excluding hydrogens is 366 g/mol. The number of nitrogens with zero attached hydrogens (tertiary/aromatic N) is 3. The van der Waals surface area contributed by atoms with E-state index in [2.05, 4.69) is 9.97 Å². The van der Waals surface area contributed by atoms with Crippen molar-refractivity contribution < 1.29 is 14.3 Å². The zero-order chi connectivity index (χ0) is 19.0. The van der Waals surface area contributed by atoms with Crippen LogP contribution in [0.2, 0.25) is 0 Å². The molecule has 0 saturated heterocycles. The summed E-state index contributed by atoms with van der Waals surface area (Å²) in [5, 5.41) is 0.775. The molecular formula is C19H21N3O4S. The summed E-state index contributed by atoms with van der Waals surface area (Å²) < 4.78 is 12.8. The summed E-state index contributed by atoms with van der Waals surface area (Å²) in [5.74, 6) is 0.339. The lowest BCUT2D eigenvalue weighted by molar-refractivity contribution is -0.149. The van der Waals surface area contributed by atoms with E-state index in [0.29, 0.717) is 29.0 Å². The van der Waals surface area contributed by atoms with Gasteiger partial charge in [0.2, 0.25) is 0 Å². The monoisotopic (exact) mass is 387 g/mol. The predicted molar refractivity (Wildman–Crippen MR) is 103 cm³/mol. The molecule has 0 amide bonds. The Bertz CT molecular complexity index is 1060. The van der Waals surface area contributed by atoms with E-state index in [-0.39, 0.29) is 23.5 Å². The fraction of sp³-hybridized carbons (Fsp3) is 0.474. The van der Waals surface area contributed by atoms with Crippen LogP contribution in [-0.4, -0.2) is 34.2 Å². The lowest BCUT2D eigenvalue weighted by Crippen LogP contribution is -2.31. The van der Waals surface area contributed by atoms with Crippen molar-refractivity contribution >= 4 is 37.7 Å². The predicted octanol–water partition coefficient (Wildman–Crippen LogP) is 3.31. The maximum Gasteiger partial charge on any atom is 0.308 e. The highest BCUT2D eigenvalue weighted by atomic mass is 32.1. The van der Waals surface area contributed by atoms with Gasteiger partial charge >= 0.3 is 5.97 Å². The Kier molecular flexibility index (Phi) is 4.82. The summed E-state index contributed by atoms with van der Waals surface area (Å²) in [6.07, 6.45) is 6.43. The second-order valence-corrected chi connectivity index (χ2v) is 7.70. The van der Waals surface area contributed by atoms with Crippen LogP contribution in [-0.2, 0) is 9.53 Å². The zero-order valence-electron chi connectivity index (χ0n) is 15.3. The van der Waals surface area contributed by atoms with Crippen LogP contribution in [0.25, 0.3) is 20.4 Å². The third-order valence-corrected chi connectivity index (χ3v) is 6.22. The van der Waals surface area contributed by atoms with Gasteiger partial charge in [0.25, 0.3) is 5.56 Å². The van der Waals surface area contributed by atoms with Crippen LogP contribution in [0.3, 0.4) is 0 Å². The fourth-order valence-electron chi connectivity index (χ4n) is 3.86. The number of esters is 1. The molecule has 1 saturated carbocycles. The summed E-state index contributed by atoms with van der Waals surface area (Å²) in [4.78, 5) is 34.9. The molecule has 0 aliphatic heterocycles. The van der Waals surface area contributed by atoms with E-state index in [0.717, 1.165) is 29.5 Å². The number of aromatic nitrogens is 3. The largest absolute Gasteiger partial charge is 0.496 e. The molecule has 8 heteroatoms. The molecule has 4 rings (SSSR count). The first kappa shape index (κ1) is 17.9. The number of pyridine rings is 1. The van der Waals surface area contributed by atoms with Crippen molar-refractivity contribution in [1.29, 1.82) is 0 Å². The van der Waals surface area contributed by atoms with E-state index in [9.17, 15) is 9.59 Å². The van der Waals surface area contributed by atoms with Gasteiger partial charge in [0, 0.05) is 12.2 Å². The van der Waals surface area contributed by atoms with Gasteiger partial charge in [0.1, 0.15) is 20.8 Å².